The lowest BCUT2D eigenvalue weighted by atomic mass is 10.1. The van der Waals surface area contributed by atoms with Crippen LogP contribution >= 0.6 is 7.52 Å². The van der Waals surface area contributed by atoms with Gasteiger partial charge in [-0.2, -0.15) is 0 Å². The highest BCUT2D eigenvalue weighted by molar-refractivity contribution is 7.57. The molecule has 16 nitrogen and oxygen atoms in total. The van der Waals surface area contributed by atoms with Crippen molar-refractivity contribution < 1.29 is 32.9 Å². The molecule has 1 unspecified atom stereocenters. The summed E-state index contributed by atoms with van der Waals surface area (Å²) in [5.74, 6) is -0.289. The lowest BCUT2D eigenvalue weighted by Crippen LogP contribution is -2.42. The van der Waals surface area contributed by atoms with E-state index in [-0.39, 0.29) is 36.4 Å². The van der Waals surface area contributed by atoms with Crippen LogP contribution in [0.4, 0.5) is 5.82 Å². The van der Waals surface area contributed by atoms with Gasteiger partial charge in [0.2, 0.25) is 0 Å². The molecule has 0 aliphatic carbocycles. The van der Waals surface area contributed by atoms with Gasteiger partial charge in [0.15, 0.2) is 11.5 Å². The molecule has 3 aromatic rings. The summed E-state index contributed by atoms with van der Waals surface area (Å²) in [5.41, 5.74) is 15.2. The number of hydrogen-bond acceptors (Lipinski definition) is 12. The number of carbonyl (C=O) groups excluding carboxylic acids is 2. The van der Waals surface area contributed by atoms with Gasteiger partial charge in [0.05, 0.1) is 25.6 Å². The molecule has 0 aliphatic heterocycles. The number of rotatable bonds is 26. The third-order valence-electron chi connectivity index (χ3n) is 8.17. The molecule has 286 valence electrons. The summed E-state index contributed by atoms with van der Waals surface area (Å²) in [6.45, 7) is 8.59. The van der Waals surface area contributed by atoms with Gasteiger partial charge < -0.3 is 29.0 Å². The molecule has 0 fully saturated rings. The van der Waals surface area contributed by atoms with Crippen molar-refractivity contribution >= 4 is 36.4 Å². The first-order valence-electron chi connectivity index (χ1n) is 18.1. The fraction of sp³-hybridized carbons (Fsp3) is 0.629. The Morgan fingerprint density at radius 3 is 2.33 bits per heavy atom. The molecule has 0 radical (unpaired) electrons. The molecule has 2 heterocycles. The van der Waals surface area contributed by atoms with E-state index in [4.69, 9.17) is 30.0 Å². The van der Waals surface area contributed by atoms with Crippen LogP contribution in [-0.4, -0.2) is 63.1 Å². The molecule has 0 amide bonds. The molecule has 0 spiro atoms. The van der Waals surface area contributed by atoms with E-state index in [1.54, 1.807) is 42.1 Å². The Balaban J connectivity index is 1.58. The summed E-state index contributed by atoms with van der Waals surface area (Å²) >= 11 is 0. The number of esters is 2. The molecule has 3 rings (SSSR count). The molecule has 52 heavy (non-hydrogen) atoms. The van der Waals surface area contributed by atoms with Crippen LogP contribution in [0.1, 0.15) is 98.3 Å². The van der Waals surface area contributed by atoms with Crippen molar-refractivity contribution in [3.05, 3.63) is 47.4 Å². The second-order valence-corrected chi connectivity index (χ2v) is 15.1. The maximum Gasteiger partial charge on any atom is 0.342 e. The minimum absolute atomic E-state index is 0.235. The number of imidazole rings is 1. The van der Waals surface area contributed by atoms with E-state index in [0.717, 1.165) is 57.8 Å². The number of nitrogens with zero attached hydrogens (tertiary/aromatic N) is 7. The number of carbonyl (C=O) groups is 2. The first-order valence-corrected chi connectivity index (χ1v) is 19.9. The zero-order valence-corrected chi connectivity index (χ0v) is 31.7. The first-order chi connectivity index (χ1) is 25.0. The Morgan fingerprint density at radius 1 is 0.981 bits per heavy atom. The standard InChI is InChI=1S/C35H54N9O7P/c1-5-6-21-48-35(46)31(26(2)3)42-52(47,25-49-27(4)22-44-24-40-32-33(36)38-23-39-34(32)44)51-29-18-16-28(17-19-29)50-30(45)15-13-11-9-7-8-10-12-14-20-41-43-37/h16-19,23-24,26-27,31H,5-15,20-22,25H2,1-4H3,(H,42,47)(H2,36,38,39)/t27-,31+,52?/m1/s1. The van der Waals surface area contributed by atoms with Gasteiger partial charge in [-0.05, 0) is 61.9 Å². The highest BCUT2D eigenvalue weighted by Gasteiger charge is 2.35. The largest absolute Gasteiger partial charge is 0.465 e. The number of hydrogen-bond donors (Lipinski definition) is 2. The molecule has 0 saturated heterocycles. The maximum absolute atomic E-state index is 14.4. The van der Waals surface area contributed by atoms with Crippen LogP contribution in [0.25, 0.3) is 21.6 Å². The minimum atomic E-state index is -3.89. The molecule has 1 aromatic carbocycles. The molecule has 17 heteroatoms. The van der Waals surface area contributed by atoms with Crippen LogP contribution in [-0.2, 0) is 30.2 Å². The summed E-state index contributed by atoms with van der Waals surface area (Å²) in [6, 6.07) is 5.32. The second kappa shape index (κ2) is 22.7. The molecule has 3 N–H and O–H groups in total. The summed E-state index contributed by atoms with van der Waals surface area (Å²) in [7, 11) is -3.89. The quantitative estimate of drug-likeness (QED) is 0.0153. The second-order valence-electron chi connectivity index (χ2n) is 13.0. The molecule has 3 atom stereocenters. The Kier molecular flexibility index (Phi) is 18.4. The van der Waals surface area contributed by atoms with Crippen LogP contribution in [0, 0.1) is 5.92 Å². The van der Waals surface area contributed by atoms with E-state index in [1.165, 1.54) is 6.33 Å². The monoisotopic (exact) mass is 743 g/mol. The maximum atomic E-state index is 14.4. The molecule has 0 bridgehead atoms. The van der Waals surface area contributed by atoms with Crippen LogP contribution in [0.15, 0.2) is 42.0 Å². The van der Waals surface area contributed by atoms with Gasteiger partial charge in [-0.15, -0.1) is 0 Å². The average Bonchev–Trinajstić information content (AvgIpc) is 3.53. The summed E-state index contributed by atoms with van der Waals surface area (Å²) in [5, 5.41) is 6.48. The van der Waals surface area contributed by atoms with Gasteiger partial charge in [-0.25, -0.2) is 20.0 Å². The zero-order valence-electron chi connectivity index (χ0n) is 30.8. The van der Waals surface area contributed by atoms with Crippen molar-refractivity contribution in [3.8, 4) is 11.5 Å². The number of fused-ring (bicyclic) bond motifs is 1. The predicted octanol–water partition coefficient (Wildman–Crippen LogP) is 7.73. The Morgan fingerprint density at radius 2 is 1.65 bits per heavy atom. The molecule has 2 aromatic heterocycles. The molecule has 0 saturated carbocycles. The number of nitrogens with two attached hydrogens (primary N) is 1. The fourth-order valence-electron chi connectivity index (χ4n) is 5.25. The SMILES string of the molecule is CCCCOC(=O)[C@@H](NP(=O)(CO[C@H](C)Cn1cnc2c(N)ncnc21)Oc1ccc(OC(=O)CCCCCCCCCCN=[N+]=[N-])cc1)C(C)C. The molecular weight excluding hydrogens is 689 g/mol. The number of ether oxygens (including phenoxy) is 3. The number of anilines is 1. The predicted molar refractivity (Wildman–Crippen MR) is 199 cm³/mol. The number of nitrogen functional groups attached to an aromatic ring is 1. The lowest BCUT2D eigenvalue weighted by molar-refractivity contribution is -0.147. The van der Waals surface area contributed by atoms with E-state index in [2.05, 4.69) is 30.1 Å². The highest BCUT2D eigenvalue weighted by atomic mass is 31.2. The number of benzene rings is 1. The summed E-state index contributed by atoms with van der Waals surface area (Å²) < 4.78 is 39.2. The van der Waals surface area contributed by atoms with E-state index >= 15 is 0 Å². The summed E-state index contributed by atoms with van der Waals surface area (Å²) in [6.07, 6.45) is 12.0. The third-order valence-corrected chi connectivity index (χ3v) is 9.84. The molecular formula is C35H54N9O7P. The number of azide groups is 1. The smallest absolute Gasteiger partial charge is 0.342 e. The first kappa shape index (κ1) is 42.2. The fourth-order valence-corrected chi connectivity index (χ4v) is 7.17. The Hall–Kier alpha value is -4.23. The van der Waals surface area contributed by atoms with Crippen LogP contribution in [0.3, 0.4) is 0 Å². The topological polar surface area (TPSA) is 219 Å². The van der Waals surface area contributed by atoms with Crippen molar-refractivity contribution in [3.63, 3.8) is 0 Å². The van der Waals surface area contributed by atoms with Gasteiger partial charge in [0.25, 0.3) is 0 Å². The Labute approximate surface area is 305 Å². The van der Waals surface area contributed by atoms with Crippen molar-refractivity contribution in [2.45, 2.75) is 117 Å². The van der Waals surface area contributed by atoms with Crippen LogP contribution in [0.2, 0.25) is 0 Å². The van der Waals surface area contributed by atoms with E-state index in [1.807, 2.05) is 20.8 Å². The van der Waals surface area contributed by atoms with Gasteiger partial charge >= 0.3 is 19.5 Å². The number of nitrogens with one attached hydrogen (secondary N) is 1. The van der Waals surface area contributed by atoms with Gasteiger partial charge in [-0.1, -0.05) is 70.8 Å². The van der Waals surface area contributed by atoms with Crippen LogP contribution in [0.5, 0.6) is 11.5 Å². The van der Waals surface area contributed by atoms with Crippen LogP contribution < -0.4 is 20.1 Å². The van der Waals surface area contributed by atoms with Crippen molar-refractivity contribution in [2.75, 3.05) is 25.2 Å². The van der Waals surface area contributed by atoms with E-state index < -0.39 is 25.6 Å². The van der Waals surface area contributed by atoms with Crippen molar-refractivity contribution in [1.82, 2.24) is 24.6 Å². The number of unbranched alkanes of at least 4 members (excludes halogenated alkanes) is 8. The van der Waals surface area contributed by atoms with Gasteiger partial charge in [-0.3, -0.25) is 14.2 Å². The Bertz CT molecular complexity index is 1630. The normalized spacial score (nSPS) is 13.6. The van der Waals surface area contributed by atoms with E-state index in [9.17, 15) is 14.2 Å². The molecule has 0 aliphatic rings. The van der Waals surface area contributed by atoms with Crippen molar-refractivity contribution in [1.29, 1.82) is 0 Å². The zero-order chi connectivity index (χ0) is 37.8. The lowest BCUT2D eigenvalue weighted by Gasteiger charge is -2.28. The average molecular weight is 744 g/mol. The van der Waals surface area contributed by atoms with E-state index in [0.29, 0.717) is 42.8 Å². The van der Waals surface area contributed by atoms with Gasteiger partial charge in [0, 0.05) is 17.9 Å². The minimum Gasteiger partial charge on any atom is -0.465 e. The van der Waals surface area contributed by atoms with Gasteiger partial charge in [0.1, 0.15) is 35.7 Å². The van der Waals surface area contributed by atoms with Crippen molar-refractivity contribution in [2.24, 2.45) is 11.0 Å². The third kappa shape index (κ3) is 14.8. The summed E-state index contributed by atoms with van der Waals surface area (Å²) in [4.78, 5) is 40.8. The highest BCUT2D eigenvalue weighted by Crippen LogP contribution is 2.45. The number of aromatic nitrogens is 4.